The third-order valence-corrected chi connectivity index (χ3v) is 0.793. The summed E-state index contributed by atoms with van der Waals surface area (Å²) in [6.07, 6.45) is 0. The van der Waals surface area contributed by atoms with Gasteiger partial charge in [0.1, 0.15) is 0 Å². The Bertz CT molecular complexity index is 46.1. The standard InChI is InChI=1S/C3H8NOP/c1-2-5-6-3-4/h3H,2,4H2,1H3. The molecule has 0 saturated heterocycles. The van der Waals surface area contributed by atoms with Crippen molar-refractivity contribution < 1.29 is 4.52 Å². The van der Waals surface area contributed by atoms with Gasteiger partial charge in [0.15, 0.2) is 0 Å². The summed E-state index contributed by atoms with van der Waals surface area (Å²) >= 11 is 0. The molecule has 0 aliphatic rings. The minimum Gasteiger partial charge on any atom is -0.326 e. The van der Waals surface area contributed by atoms with E-state index in [1.54, 1.807) is 0 Å². The monoisotopic (exact) mass is 105 g/mol. The van der Waals surface area contributed by atoms with E-state index in [2.05, 4.69) is 0 Å². The normalized spacial score (nSPS) is 10.3. The average Bonchev–Trinajstić information content (AvgIpc) is 1.61. The van der Waals surface area contributed by atoms with Crippen LogP contribution in [0.4, 0.5) is 0 Å². The van der Waals surface area contributed by atoms with Gasteiger partial charge in [-0.05, 0) is 6.92 Å². The number of nitrogens with two attached hydrogens (primary N) is 1. The molecule has 0 aliphatic heterocycles. The van der Waals surface area contributed by atoms with E-state index in [1.165, 1.54) is 5.92 Å². The molecular formula is C3H8NOP. The lowest BCUT2D eigenvalue weighted by Crippen LogP contribution is -1.83. The molecule has 36 valence electrons. The van der Waals surface area contributed by atoms with Crippen LogP contribution >= 0.6 is 8.43 Å². The largest absolute Gasteiger partial charge is 0.326 e. The Balaban J connectivity index is 2.66. The summed E-state index contributed by atoms with van der Waals surface area (Å²) in [5.74, 6) is 1.46. The van der Waals surface area contributed by atoms with Gasteiger partial charge in [-0.1, -0.05) is 0 Å². The van der Waals surface area contributed by atoms with Crippen LogP contribution in [0.5, 0.6) is 0 Å². The summed E-state index contributed by atoms with van der Waals surface area (Å²) in [5, 5.41) is 0. The van der Waals surface area contributed by atoms with Crippen molar-refractivity contribution >= 4 is 14.4 Å². The molecule has 0 saturated carbocycles. The van der Waals surface area contributed by atoms with Gasteiger partial charge in [-0.25, -0.2) is 0 Å². The molecule has 0 aliphatic carbocycles. The summed E-state index contributed by atoms with van der Waals surface area (Å²) in [5.41, 5.74) is 4.95. The molecule has 6 heavy (non-hydrogen) atoms. The Kier molecular flexibility index (Phi) is 5.17. The van der Waals surface area contributed by atoms with Gasteiger partial charge in [0.25, 0.3) is 0 Å². The Morgan fingerprint density at radius 3 is 2.83 bits per heavy atom. The molecule has 0 atom stereocenters. The van der Waals surface area contributed by atoms with Crippen LogP contribution in [0.15, 0.2) is 0 Å². The molecule has 0 amide bonds. The van der Waals surface area contributed by atoms with Crippen LogP contribution in [0.2, 0.25) is 0 Å². The fraction of sp³-hybridized carbons (Fsp3) is 0.667. The van der Waals surface area contributed by atoms with Gasteiger partial charge in [0, 0.05) is 5.92 Å². The second-order valence-corrected chi connectivity index (χ2v) is 1.44. The molecule has 0 aromatic carbocycles. The molecular weight excluding hydrogens is 97.0 g/mol. The van der Waals surface area contributed by atoms with E-state index in [-0.39, 0.29) is 0 Å². The Morgan fingerprint density at radius 2 is 2.67 bits per heavy atom. The summed E-state index contributed by atoms with van der Waals surface area (Å²) in [6.45, 7) is 2.66. The van der Waals surface area contributed by atoms with Gasteiger partial charge < -0.3 is 10.3 Å². The molecule has 0 heterocycles. The zero-order valence-electron chi connectivity index (χ0n) is 3.72. The maximum atomic E-state index is 4.95. The molecule has 0 rings (SSSR count). The van der Waals surface area contributed by atoms with E-state index in [0.717, 1.165) is 15.0 Å². The van der Waals surface area contributed by atoms with Crippen molar-refractivity contribution in [3.05, 3.63) is 0 Å². The zero-order chi connectivity index (χ0) is 4.83. The molecule has 0 unspecified atom stereocenters. The van der Waals surface area contributed by atoms with Crippen LogP contribution < -0.4 is 5.73 Å². The van der Waals surface area contributed by atoms with Crippen LogP contribution in [-0.2, 0) is 4.52 Å². The lowest BCUT2D eigenvalue weighted by atomic mass is 10.9. The Morgan fingerprint density at radius 1 is 2.00 bits per heavy atom. The molecule has 0 aromatic heterocycles. The first kappa shape index (κ1) is 6.09. The first-order valence-corrected chi connectivity index (χ1v) is 2.65. The topological polar surface area (TPSA) is 35.2 Å². The van der Waals surface area contributed by atoms with Crippen molar-refractivity contribution in [2.75, 3.05) is 6.61 Å². The molecule has 0 fully saturated rings. The molecule has 3 heteroatoms. The third-order valence-electron chi connectivity index (χ3n) is 0.264. The van der Waals surface area contributed by atoms with Gasteiger partial charge in [0.2, 0.25) is 0 Å². The highest BCUT2D eigenvalue weighted by Gasteiger charge is 1.63. The van der Waals surface area contributed by atoms with Crippen LogP contribution in [0.25, 0.3) is 0 Å². The van der Waals surface area contributed by atoms with Crippen LogP contribution in [0, 0.1) is 0 Å². The minimum atomic E-state index is 0.731. The van der Waals surface area contributed by atoms with E-state index in [4.69, 9.17) is 10.3 Å². The Labute approximate surface area is 39.2 Å². The highest BCUT2D eigenvalue weighted by molar-refractivity contribution is 7.32. The average molecular weight is 105 g/mol. The molecule has 0 spiro atoms. The first-order valence-electron chi connectivity index (χ1n) is 1.77. The second kappa shape index (κ2) is 5.09. The van der Waals surface area contributed by atoms with Gasteiger partial charge in [-0.2, -0.15) is 0 Å². The molecule has 2 nitrogen and oxygen atoms in total. The van der Waals surface area contributed by atoms with Crippen molar-refractivity contribution in [3.63, 3.8) is 0 Å². The van der Waals surface area contributed by atoms with E-state index < -0.39 is 0 Å². The fourth-order valence-corrected chi connectivity index (χ4v) is 0.353. The van der Waals surface area contributed by atoms with E-state index in [1.807, 2.05) is 6.92 Å². The quantitative estimate of drug-likeness (QED) is 0.522. The maximum absolute atomic E-state index is 4.95. The van der Waals surface area contributed by atoms with Crippen molar-refractivity contribution in [3.8, 4) is 0 Å². The smallest absolute Gasteiger partial charge is 0.0672 e. The van der Waals surface area contributed by atoms with E-state index >= 15 is 0 Å². The number of hydrogen-bond acceptors (Lipinski definition) is 1. The van der Waals surface area contributed by atoms with E-state index in [9.17, 15) is 0 Å². The number of hydrogen-bond donors (Lipinski definition) is 1. The zero-order valence-corrected chi connectivity index (χ0v) is 4.61. The van der Waals surface area contributed by atoms with Gasteiger partial charge >= 0.3 is 0 Å². The van der Waals surface area contributed by atoms with Gasteiger partial charge in [-0.3, -0.25) is 0 Å². The second-order valence-electron chi connectivity index (χ2n) is 0.672. The molecule has 2 N–H and O–H groups in total. The summed E-state index contributed by atoms with van der Waals surface area (Å²) in [7, 11) is 0.764. The molecule has 0 aromatic rings. The number of rotatable bonds is 2. The highest BCUT2D eigenvalue weighted by atomic mass is 31.1. The molecule has 0 radical (unpaired) electrons. The lowest BCUT2D eigenvalue weighted by molar-refractivity contribution is 0.398. The van der Waals surface area contributed by atoms with Crippen LogP contribution in [-0.4, -0.2) is 12.5 Å². The van der Waals surface area contributed by atoms with Gasteiger partial charge in [0.05, 0.1) is 15.0 Å². The van der Waals surface area contributed by atoms with Crippen LogP contribution in [0.3, 0.4) is 0 Å². The summed E-state index contributed by atoms with van der Waals surface area (Å²) in [4.78, 5) is 0. The van der Waals surface area contributed by atoms with Crippen LogP contribution in [0.1, 0.15) is 6.92 Å². The lowest BCUT2D eigenvalue weighted by Gasteiger charge is -1.80. The van der Waals surface area contributed by atoms with E-state index in [0.29, 0.717) is 0 Å². The predicted octanol–water partition coefficient (Wildman–Crippen LogP) is 0.603. The van der Waals surface area contributed by atoms with Crippen molar-refractivity contribution in [2.24, 2.45) is 5.73 Å². The minimum absolute atomic E-state index is 0.731. The van der Waals surface area contributed by atoms with Crippen molar-refractivity contribution in [2.45, 2.75) is 6.92 Å². The van der Waals surface area contributed by atoms with Gasteiger partial charge in [-0.15, -0.1) is 0 Å². The first-order chi connectivity index (χ1) is 2.91. The maximum Gasteiger partial charge on any atom is 0.0672 e. The summed E-state index contributed by atoms with van der Waals surface area (Å²) < 4.78 is 4.77. The highest BCUT2D eigenvalue weighted by Crippen LogP contribution is 1.90. The Hall–Kier alpha value is 0.0900. The molecule has 0 bridgehead atoms. The van der Waals surface area contributed by atoms with Crippen molar-refractivity contribution in [1.82, 2.24) is 0 Å². The summed E-state index contributed by atoms with van der Waals surface area (Å²) in [6, 6.07) is 0. The third kappa shape index (κ3) is 4.09. The van der Waals surface area contributed by atoms with Crippen molar-refractivity contribution in [1.29, 1.82) is 0 Å². The fourth-order valence-electron chi connectivity index (χ4n) is 0.118. The SMILES string of the molecule is CCOP=CN. The predicted molar refractivity (Wildman–Crippen MR) is 28.8 cm³/mol.